The lowest BCUT2D eigenvalue weighted by molar-refractivity contribution is -0.136. The van der Waals surface area contributed by atoms with Crippen molar-refractivity contribution in [1.29, 1.82) is 0 Å². The fraction of sp³-hybridized carbons (Fsp3) is 0.367. The highest BCUT2D eigenvalue weighted by molar-refractivity contribution is 6.31. The molecule has 8 heteroatoms. The summed E-state index contributed by atoms with van der Waals surface area (Å²) in [6.45, 7) is 4.74. The van der Waals surface area contributed by atoms with Gasteiger partial charge in [-0.05, 0) is 48.4 Å². The van der Waals surface area contributed by atoms with Crippen LogP contribution in [-0.4, -0.2) is 69.8 Å². The second kappa shape index (κ2) is 10.4. The quantitative estimate of drug-likeness (QED) is 0.485. The molecule has 2 unspecified atom stereocenters. The normalized spacial score (nSPS) is 21.1. The molecule has 3 heterocycles. The average Bonchev–Trinajstić information content (AvgIpc) is 2.96. The van der Waals surface area contributed by atoms with E-state index in [0.29, 0.717) is 49.9 Å². The maximum Gasteiger partial charge on any atom is 0.228 e. The van der Waals surface area contributed by atoms with Crippen molar-refractivity contribution in [3.63, 3.8) is 0 Å². The summed E-state index contributed by atoms with van der Waals surface area (Å²) in [6, 6.07) is 21.0. The first-order chi connectivity index (χ1) is 18.5. The Balaban J connectivity index is 1.25. The lowest BCUT2D eigenvalue weighted by Gasteiger charge is -2.50. The van der Waals surface area contributed by atoms with Crippen molar-refractivity contribution in [2.24, 2.45) is 5.92 Å². The molecule has 6 rings (SSSR count). The zero-order chi connectivity index (χ0) is 26.2. The third-order valence-corrected chi connectivity index (χ3v) is 8.44. The summed E-state index contributed by atoms with van der Waals surface area (Å²) < 4.78 is 20.0. The minimum atomic E-state index is -0.217. The topological polar surface area (TPSA) is 39.3 Å². The molecular weight excluding hydrogens is 503 g/mol. The highest BCUT2D eigenvalue weighted by atomic mass is 35.5. The van der Waals surface area contributed by atoms with Crippen molar-refractivity contribution >= 4 is 34.6 Å². The average molecular weight is 535 g/mol. The summed E-state index contributed by atoms with van der Waals surface area (Å²) in [7, 11) is 1.67. The Morgan fingerprint density at radius 2 is 1.58 bits per heavy atom. The molecule has 0 radical (unpaired) electrons. The van der Waals surface area contributed by atoms with Crippen LogP contribution in [0.2, 0.25) is 5.02 Å². The summed E-state index contributed by atoms with van der Waals surface area (Å²) in [4.78, 5) is 22.8. The molecule has 1 amide bonds. The van der Waals surface area contributed by atoms with Crippen LogP contribution in [-0.2, 0) is 11.2 Å². The summed E-state index contributed by atoms with van der Waals surface area (Å²) in [5.41, 5.74) is 4.02. The molecule has 0 aliphatic carbocycles. The van der Waals surface area contributed by atoms with E-state index in [0.717, 1.165) is 24.5 Å². The molecule has 38 heavy (non-hydrogen) atoms. The molecule has 3 aromatic rings. The number of methoxy groups -OCH3 is 1. The zero-order valence-corrected chi connectivity index (χ0v) is 22.3. The second-order valence-electron chi connectivity index (χ2n) is 10.2. The summed E-state index contributed by atoms with van der Waals surface area (Å²) >= 11 is 6.36. The molecule has 2 saturated heterocycles. The number of halogens is 2. The predicted octanol–water partition coefficient (Wildman–Crippen LogP) is 4.70. The Morgan fingerprint density at radius 1 is 0.868 bits per heavy atom. The third-order valence-electron chi connectivity index (χ3n) is 8.21. The first-order valence-electron chi connectivity index (χ1n) is 13.2. The van der Waals surface area contributed by atoms with E-state index in [1.807, 2.05) is 40.1 Å². The van der Waals surface area contributed by atoms with Crippen LogP contribution in [0, 0.1) is 11.7 Å². The second-order valence-corrected chi connectivity index (χ2v) is 10.7. The van der Waals surface area contributed by atoms with Crippen LogP contribution >= 0.6 is 11.6 Å². The standard InChI is InChI=1S/C30H32ClFN4O2/c1-38-29-11-10-22(31)19-27(29)35-16-17-36-25-8-4-2-6-21(25)18-23(28(36)20-35)30(37)34-14-12-33(13-15-34)26-9-5-3-7-24(26)32/h2-11,19,23,28H,12-18,20H2,1H3. The van der Waals surface area contributed by atoms with E-state index >= 15 is 0 Å². The van der Waals surface area contributed by atoms with Gasteiger partial charge < -0.3 is 24.3 Å². The molecule has 0 bridgehead atoms. The summed E-state index contributed by atoms with van der Waals surface area (Å²) in [5.74, 6) is 0.581. The van der Waals surface area contributed by atoms with Crippen molar-refractivity contribution in [2.45, 2.75) is 12.5 Å². The highest BCUT2D eigenvalue weighted by Gasteiger charge is 2.43. The molecule has 2 fully saturated rings. The summed E-state index contributed by atoms with van der Waals surface area (Å²) in [5, 5.41) is 0.664. The Kier molecular flexibility index (Phi) is 6.78. The number of rotatable bonds is 4. The minimum absolute atomic E-state index is 0.0273. The fourth-order valence-electron chi connectivity index (χ4n) is 6.28. The zero-order valence-electron chi connectivity index (χ0n) is 21.5. The Labute approximate surface area is 228 Å². The van der Waals surface area contributed by atoms with Gasteiger partial charge in [0.15, 0.2) is 0 Å². The lowest BCUT2D eigenvalue weighted by atomic mass is 9.82. The van der Waals surface area contributed by atoms with Crippen LogP contribution in [0.4, 0.5) is 21.5 Å². The lowest BCUT2D eigenvalue weighted by Crippen LogP contribution is -2.62. The van der Waals surface area contributed by atoms with E-state index in [1.54, 1.807) is 13.2 Å². The van der Waals surface area contributed by atoms with Gasteiger partial charge in [0.25, 0.3) is 0 Å². The Morgan fingerprint density at radius 3 is 2.34 bits per heavy atom. The van der Waals surface area contributed by atoms with Crippen LogP contribution in [0.1, 0.15) is 5.56 Å². The van der Waals surface area contributed by atoms with Crippen molar-refractivity contribution in [2.75, 3.05) is 67.6 Å². The molecule has 3 aliphatic heterocycles. The number of fused-ring (bicyclic) bond motifs is 3. The van der Waals surface area contributed by atoms with Crippen LogP contribution < -0.4 is 19.4 Å². The van der Waals surface area contributed by atoms with Gasteiger partial charge in [-0.2, -0.15) is 0 Å². The van der Waals surface area contributed by atoms with Crippen LogP contribution in [0.3, 0.4) is 0 Å². The number of benzene rings is 3. The fourth-order valence-corrected chi connectivity index (χ4v) is 6.45. The number of amides is 1. The summed E-state index contributed by atoms with van der Waals surface area (Å²) in [6.07, 6.45) is 0.713. The number of anilines is 3. The SMILES string of the molecule is COc1ccc(Cl)cc1N1CCN2c3ccccc3CC(C(=O)N3CCN(c4ccccc4F)CC3)C2C1. The van der Waals surface area contributed by atoms with Gasteiger partial charge in [-0.1, -0.05) is 41.9 Å². The van der Waals surface area contributed by atoms with Gasteiger partial charge in [0.2, 0.25) is 5.91 Å². The number of hydrogen-bond donors (Lipinski definition) is 0. The number of hydrogen-bond acceptors (Lipinski definition) is 5. The van der Waals surface area contributed by atoms with E-state index in [9.17, 15) is 9.18 Å². The van der Waals surface area contributed by atoms with Crippen LogP contribution in [0.25, 0.3) is 0 Å². The number of carbonyl (C=O) groups is 1. The molecule has 0 saturated carbocycles. The molecule has 198 valence electrons. The van der Waals surface area contributed by atoms with Crippen LogP contribution in [0.15, 0.2) is 66.7 Å². The molecule has 0 aromatic heterocycles. The molecule has 3 aromatic carbocycles. The van der Waals surface area contributed by atoms with E-state index in [1.165, 1.54) is 17.3 Å². The van der Waals surface area contributed by atoms with E-state index in [4.69, 9.17) is 16.3 Å². The van der Waals surface area contributed by atoms with E-state index in [-0.39, 0.29) is 23.7 Å². The van der Waals surface area contributed by atoms with Crippen LogP contribution in [0.5, 0.6) is 5.75 Å². The van der Waals surface area contributed by atoms with Crippen molar-refractivity contribution in [1.82, 2.24) is 4.90 Å². The monoisotopic (exact) mass is 534 g/mol. The number of ether oxygens (including phenoxy) is 1. The molecular formula is C30H32ClFN4O2. The van der Waals surface area contributed by atoms with Gasteiger partial charge in [0, 0.05) is 56.5 Å². The maximum absolute atomic E-state index is 14.4. The van der Waals surface area contributed by atoms with Gasteiger partial charge in [-0.25, -0.2) is 4.39 Å². The number of nitrogens with zero attached hydrogens (tertiary/aromatic N) is 4. The molecule has 3 aliphatic rings. The molecule has 0 N–H and O–H groups in total. The first-order valence-corrected chi connectivity index (χ1v) is 13.6. The van der Waals surface area contributed by atoms with Gasteiger partial charge in [0.05, 0.1) is 30.4 Å². The number of piperazine rings is 2. The molecule has 2 atom stereocenters. The maximum atomic E-state index is 14.4. The number of para-hydroxylation sites is 2. The van der Waals surface area contributed by atoms with E-state index < -0.39 is 0 Å². The Hall–Kier alpha value is -3.45. The van der Waals surface area contributed by atoms with Gasteiger partial charge >= 0.3 is 0 Å². The van der Waals surface area contributed by atoms with Crippen molar-refractivity contribution < 1.29 is 13.9 Å². The largest absolute Gasteiger partial charge is 0.495 e. The Bertz CT molecular complexity index is 1330. The predicted molar refractivity (Wildman–Crippen MR) is 150 cm³/mol. The number of carbonyl (C=O) groups excluding carboxylic acids is 1. The molecule has 6 nitrogen and oxygen atoms in total. The van der Waals surface area contributed by atoms with Crippen molar-refractivity contribution in [3.8, 4) is 5.75 Å². The van der Waals surface area contributed by atoms with E-state index in [2.05, 4.69) is 34.1 Å². The first kappa shape index (κ1) is 24.9. The third kappa shape index (κ3) is 4.53. The van der Waals surface area contributed by atoms with Gasteiger partial charge in [-0.15, -0.1) is 0 Å². The molecule has 0 spiro atoms. The van der Waals surface area contributed by atoms with Gasteiger partial charge in [0.1, 0.15) is 11.6 Å². The smallest absolute Gasteiger partial charge is 0.228 e. The highest BCUT2D eigenvalue weighted by Crippen LogP contribution is 2.40. The van der Waals surface area contributed by atoms with Gasteiger partial charge in [-0.3, -0.25) is 4.79 Å². The minimum Gasteiger partial charge on any atom is -0.495 e. The van der Waals surface area contributed by atoms with Crippen molar-refractivity contribution in [3.05, 3.63) is 83.1 Å².